The maximum Gasteiger partial charge on any atom is 0.224 e. The second kappa shape index (κ2) is 6.94. The molecule has 0 saturated carbocycles. The fourth-order valence-corrected chi connectivity index (χ4v) is 3.34. The predicted octanol–water partition coefficient (Wildman–Crippen LogP) is 1.55. The number of amides is 1. The number of hydrogen-bond donors (Lipinski definition) is 2. The van der Waals surface area contributed by atoms with Crippen molar-refractivity contribution in [1.82, 2.24) is 10.6 Å². The average molecular weight is 287 g/mol. The summed E-state index contributed by atoms with van der Waals surface area (Å²) in [6, 6.07) is 8.64. The van der Waals surface area contributed by atoms with Gasteiger partial charge in [-0.15, -0.1) is 0 Å². The fraction of sp³-hybridized carbons (Fsp3) is 0.588. The van der Waals surface area contributed by atoms with Crippen LogP contribution >= 0.6 is 0 Å². The van der Waals surface area contributed by atoms with Crippen LogP contribution in [0.5, 0.6) is 0 Å². The van der Waals surface area contributed by atoms with E-state index in [1.54, 1.807) is 0 Å². The molecule has 2 aliphatic rings. The summed E-state index contributed by atoms with van der Waals surface area (Å²) in [6.07, 6.45) is 4.30. The largest absolute Gasteiger partial charge is 0.371 e. The van der Waals surface area contributed by atoms with Crippen LogP contribution in [0.1, 0.15) is 24.8 Å². The lowest BCUT2D eigenvalue weighted by Gasteiger charge is -2.23. The van der Waals surface area contributed by atoms with Gasteiger partial charge in [-0.1, -0.05) is 18.2 Å². The number of rotatable bonds is 5. The molecular formula is C17H25N3O. The summed E-state index contributed by atoms with van der Waals surface area (Å²) in [7, 11) is 0. The van der Waals surface area contributed by atoms with Crippen LogP contribution in [0.4, 0.5) is 5.69 Å². The molecule has 21 heavy (non-hydrogen) atoms. The zero-order chi connectivity index (χ0) is 14.5. The first-order valence-electron chi connectivity index (χ1n) is 8.16. The van der Waals surface area contributed by atoms with E-state index in [0.29, 0.717) is 0 Å². The van der Waals surface area contributed by atoms with Gasteiger partial charge in [0.2, 0.25) is 5.91 Å². The highest BCUT2D eigenvalue weighted by molar-refractivity contribution is 5.78. The van der Waals surface area contributed by atoms with E-state index >= 15 is 0 Å². The van der Waals surface area contributed by atoms with E-state index in [-0.39, 0.29) is 11.8 Å². The number of hydrogen-bond acceptors (Lipinski definition) is 3. The molecule has 2 heterocycles. The van der Waals surface area contributed by atoms with Crippen molar-refractivity contribution in [3.8, 4) is 0 Å². The predicted molar refractivity (Wildman–Crippen MR) is 85.6 cm³/mol. The molecule has 1 aromatic rings. The molecule has 3 rings (SSSR count). The first kappa shape index (κ1) is 14.4. The molecule has 4 nitrogen and oxygen atoms in total. The third-order valence-corrected chi connectivity index (χ3v) is 4.56. The highest BCUT2D eigenvalue weighted by Gasteiger charge is 2.21. The Hall–Kier alpha value is -1.55. The van der Waals surface area contributed by atoms with Crippen LogP contribution in [0.15, 0.2) is 24.3 Å². The van der Waals surface area contributed by atoms with Gasteiger partial charge in [-0.05, 0) is 43.9 Å². The number of carbonyl (C=O) groups is 1. The van der Waals surface area contributed by atoms with Crippen LogP contribution < -0.4 is 15.5 Å². The zero-order valence-corrected chi connectivity index (χ0v) is 12.6. The Morgan fingerprint density at radius 3 is 3.14 bits per heavy atom. The number of nitrogens with one attached hydrogen (secondary N) is 2. The minimum absolute atomic E-state index is 0.172. The third-order valence-electron chi connectivity index (χ3n) is 4.56. The minimum atomic E-state index is 0.172. The van der Waals surface area contributed by atoms with Crippen molar-refractivity contribution >= 4 is 11.6 Å². The number of anilines is 1. The lowest BCUT2D eigenvalue weighted by Crippen LogP contribution is -2.41. The van der Waals surface area contributed by atoms with E-state index in [0.717, 1.165) is 58.4 Å². The Kier molecular flexibility index (Phi) is 4.76. The number of benzene rings is 1. The van der Waals surface area contributed by atoms with Crippen LogP contribution in [0.25, 0.3) is 0 Å². The Labute approximate surface area is 126 Å². The molecule has 1 amide bonds. The lowest BCUT2D eigenvalue weighted by atomic mass is 9.99. The highest BCUT2D eigenvalue weighted by Crippen LogP contribution is 2.27. The van der Waals surface area contributed by atoms with Gasteiger partial charge in [0.05, 0.1) is 5.92 Å². The Morgan fingerprint density at radius 1 is 1.38 bits per heavy atom. The summed E-state index contributed by atoms with van der Waals surface area (Å²) >= 11 is 0. The second-order valence-electron chi connectivity index (χ2n) is 6.05. The zero-order valence-electron chi connectivity index (χ0n) is 12.6. The van der Waals surface area contributed by atoms with Gasteiger partial charge in [0.1, 0.15) is 0 Å². The summed E-state index contributed by atoms with van der Waals surface area (Å²) in [5.41, 5.74) is 2.83. The molecule has 114 valence electrons. The normalized spacial score (nSPS) is 21.1. The Morgan fingerprint density at radius 2 is 2.29 bits per heavy atom. The van der Waals surface area contributed by atoms with Gasteiger partial charge in [-0.25, -0.2) is 0 Å². The summed E-state index contributed by atoms with van der Waals surface area (Å²) in [6.45, 7) is 4.82. The number of nitrogens with zero attached hydrogens (tertiary/aromatic N) is 1. The van der Waals surface area contributed by atoms with Crippen molar-refractivity contribution in [1.29, 1.82) is 0 Å². The summed E-state index contributed by atoms with van der Waals surface area (Å²) in [5, 5.41) is 6.39. The third kappa shape index (κ3) is 3.56. The van der Waals surface area contributed by atoms with E-state index in [2.05, 4.69) is 39.8 Å². The molecule has 1 saturated heterocycles. The number of para-hydroxylation sites is 1. The molecule has 1 atom stereocenters. The molecule has 1 aromatic carbocycles. The lowest BCUT2D eigenvalue weighted by molar-refractivity contribution is -0.125. The maximum atomic E-state index is 12.0. The van der Waals surface area contributed by atoms with E-state index in [9.17, 15) is 4.79 Å². The maximum absolute atomic E-state index is 12.0. The molecule has 1 fully saturated rings. The van der Waals surface area contributed by atoms with Crippen LogP contribution in [-0.2, 0) is 11.2 Å². The Bertz CT molecular complexity index is 483. The van der Waals surface area contributed by atoms with Crippen molar-refractivity contribution in [2.75, 3.05) is 37.6 Å². The van der Waals surface area contributed by atoms with E-state index < -0.39 is 0 Å². The van der Waals surface area contributed by atoms with Gasteiger partial charge in [0.15, 0.2) is 0 Å². The first-order valence-corrected chi connectivity index (χ1v) is 8.16. The van der Waals surface area contributed by atoms with Crippen molar-refractivity contribution in [3.63, 3.8) is 0 Å². The molecule has 1 unspecified atom stereocenters. The van der Waals surface area contributed by atoms with Crippen molar-refractivity contribution in [3.05, 3.63) is 29.8 Å². The first-order chi connectivity index (χ1) is 10.3. The van der Waals surface area contributed by atoms with Gasteiger partial charge in [-0.2, -0.15) is 0 Å². The SMILES string of the molecule is O=C(NCCCN1CCc2ccccc21)C1CCCNC1. The summed E-state index contributed by atoms with van der Waals surface area (Å²) in [4.78, 5) is 14.5. The van der Waals surface area contributed by atoms with Crippen LogP contribution in [-0.4, -0.2) is 38.6 Å². The van der Waals surface area contributed by atoms with Gasteiger partial charge in [0, 0.05) is 31.9 Å². The smallest absolute Gasteiger partial charge is 0.224 e. The summed E-state index contributed by atoms with van der Waals surface area (Å²) < 4.78 is 0. The molecule has 0 spiro atoms. The standard InChI is InChI=1S/C17H25N3O/c21-17(15-6-3-9-18-13-15)19-10-4-11-20-12-8-14-5-1-2-7-16(14)20/h1-2,5,7,15,18H,3-4,6,8-13H2,(H,19,21). The van der Waals surface area contributed by atoms with Gasteiger partial charge < -0.3 is 15.5 Å². The number of piperidine rings is 1. The van der Waals surface area contributed by atoms with Crippen LogP contribution in [0, 0.1) is 5.92 Å². The molecule has 2 N–H and O–H groups in total. The van der Waals surface area contributed by atoms with Gasteiger partial charge in [-0.3, -0.25) is 4.79 Å². The second-order valence-corrected chi connectivity index (χ2v) is 6.05. The van der Waals surface area contributed by atoms with E-state index in [1.807, 2.05) is 0 Å². The van der Waals surface area contributed by atoms with Gasteiger partial charge in [0.25, 0.3) is 0 Å². The molecule has 4 heteroatoms. The Balaban J connectivity index is 1.38. The van der Waals surface area contributed by atoms with Crippen molar-refractivity contribution in [2.24, 2.45) is 5.92 Å². The molecule has 0 aliphatic carbocycles. The highest BCUT2D eigenvalue weighted by atomic mass is 16.1. The molecule has 0 aromatic heterocycles. The summed E-state index contributed by atoms with van der Waals surface area (Å²) in [5.74, 6) is 0.398. The van der Waals surface area contributed by atoms with Crippen molar-refractivity contribution < 1.29 is 4.79 Å². The fourth-order valence-electron chi connectivity index (χ4n) is 3.34. The van der Waals surface area contributed by atoms with Crippen LogP contribution in [0.3, 0.4) is 0 Å². The van der Waals surface area contributed by atoms with Crippen molar-refractivity contribution in [2.45, 2.75) is 25.7 Å². The monoisotopic (exact) mass is 287 g/mol. The van der Waals surface area contributed by atoms with Crippen LogP contribution in [0.2, 0.25) is 0 Å². The minimum Gasteiger partial charge on any atom is -0.371 e. The van der Waals surface area contributed by atoms with E-state index in [4.69, 9.17) is 0 Å². The average Bonchev–Trinajstić information content (AvgIpc) is 2.95. The molecular weight excluding hydrogens is 262 g/mol. The quantitative estimate of drug-likeness (QED) is 0.808. The van der Waals surface area contributed by atoms with Gasteiger partial charge >= 0.3 is 0 Å². The molecule has 0 bridgehead atoms. The number of fused-ring (bicyclic) bond motifs is 1. The molecule has 0 radical (unpaired) electrons. The number of carbonyl (C=O) groups excluding carboxylic acids is 1. The topological polar surface area (TPSA) is 44.4 Å². The molecule has 2 aliphatic heterocycles. The van der Waals surface area contributed by atoms with E-state index in [1.165, 1.54) is 11.3 Å².